The number of unbranched alkanes of at least 4 members (excludes halogenated alkanes) is 3. The van der Waals surface area contributed by atoms with E-state index in [1.807, 2.05) is 0 Å². The van der Waals surface area contributed by atoms with Crippen LogP contribution in [-0.2, 0) is 0 Å². The molecule has 5 N–H and O–H groups in total. The van der Waals surface area contributed by atoms with Crippen molar-refractivity contribution in [1.29, 1.82) is 5.26 Å². The van der Waals surface area contributed by atoms with Crippen LogP contribution in [0.5, 0.6) is 0 Å². The molecule has 2 amide bonds. The molecule has 1 aliphatic rings. The maximum absolute atomic E-state index is 11.6. The van der Waals surface area contributed by atoms with Gasteiger partial charge in [-0.2, -0.15) is 5.26 Å². The molecule has 1 rings (SSSR count). The Bertz CT molecular complexity index is 370. The zero-order valence-corrected chi connectivity index (χ0v) is 15.3. The van der Waals surface area contributed by atoms with Gasteiger partial charge in [0.25, 0.3) is 0 Å². The molecule has 0 bridgehead atoms. The van der Waals surface area contributed by atoms with E-state index in [2.05, 4.69) is 16.7 Å². The summed E-state index contributed by atoms with van der Waals surface area (Å²) in [5.74, 6) is 0.621. The Hall–Kier alpha value is -1.03. The third kappa shape index (κ3) is 10.7. The van der Waals surface area contributed by atoms with Crippen LogP contribution in [0.25, 0.3) is 0 Å². The van der Waals surface area contributed by atoms with Crippen LogP contribution in [0.15, 0.2) is 0 Å². The van der Waals surface area contributed by atoms with E-state index >= 15 is 0 Å². The molecule has 1 aliphatic carbocycles. The number of nitrogens with zero attached hydrogens (tertiary/aromatic N) is 1. The lowest BCUT2D eigenvalue weighted by Crippen LogP contribution is -2.47. The zero-order valence-electron chi connectivity index (χ0n) is 14.5. The normalized spacial score (nSPS) is 17.2. The smallest absolute Gasteiger partial charge is 0.314 e. The number of nitrogens with one attached hydrogen (secondary N) is 2. The number of urea groups is 1. The van der Waals surface area contributed by atoms with Crippen molar-refractivity contribution >= 4 is 18.4 Å². The molecule has 0 saturated heterocycles. The lowest BCUT2D eigenvalue weighted by atomic mass is 9.84. The molecule has 24 heavy (non-hydrogen) atoms. The fourth-order valence-electron chi connectivity index (χ4n) is 3.08. The molecule has 7 heteroatoms. The van der Waals surface area contributed by atoms with Gasteiger partial charge in [0.05, 0.1) is 12.2 Å². The van der Waals surface area contributed by atoms with Crippen LogP contribution in [0.3, 0.4) is 0 Å². The molecule has 0 aromatic rings. The van der Waals surface area contributed by atoms with Crippen molar-refractivity contribution in [1.82, 2.24) is 10.6 Å². The van der Waals surface area contributed by atoms with Gasteiger partial charge in [-0.15, -0.1) is 12.4 Å². The molecule has 1 saturated carbocycles. The van der Waals surface area contributed by atoms with Crippen LogP contribution < -0.4 is 16.4 Å². The van der Waals surface area contributed by atoms with Gasteiger partial charge < -0.3 is 21.5 Å². The van der Waals surface area contributed by atoms with Gasteiger partial charge in [-0.25, -0.2) is 4.79 Å². The minimum absolute atomic E-state index is 0. The van der Waals surface area contributed by atoms with Gasteiger partial charge in [-0.3, -0.25) is 0 Å². The van der Waals surface area contributed by atoms with Gasteiger partial charge in [0.15, 0.2) is 0 Å². The Morgan fingerprint density at radius 3 is 2.58 bits per heavy atom. The van der Waals surface area contributed by atoms with Crippen molar-refractivity contribution in [3.05, 3.63) is 0 Å². The van der Waals surface area contributed by atoms with Gasteiger partial charge in [0.1, 0.15) is 0 Å². The van der Waals surface area contributed by atoms with Crippen molar-refractivity contribution in [3.63, 3.8) is 0 Å². The predicted molar refractivity (Wildman–Crippen MR) is 97.9 cm³/mol. The highest BCUT2D eigenvalue weighted by Gasteiger charge is 2.21. The van der Waals surface area contributed by atoms with Crippen LogP contribution in [0.1, 0.15) is 64.2 Å². The molecule has 0 radical (unpaired) electrons. The Morgan fingerprint density at radius 1 is 1.21 bits per heavy atom. The van der Waals surface area contributed by atoms with Gasteiger partial charge in [0, 0.05) is 25.6 Å². The third-order valence-electron chi connectivity index (χ3n) is 4.55. The summed E-state index contributed by atoms with van der Waals surface area (Å²) in [5, 5.41) is 23.9. The van der Waals surface area contributed by atoms with E-state index in [0.717, 1.165) is 25.7 Å². The highest BCUT2D eigenvalue weighted by Crippen LogP contribution is 2.27. The number of hydrogen-bond acceptors (Lipinski definition) is 4. The average molecular weight is 361 g/mol. The first-order valence-corrected chi connectivity index (χ1v) is 8.95. The van der Waals surface area contributed by atoms with Crippen LogP contribution in [0.4, 0.5) is 4.79 Å². The number of amides is 2. The monoisotopic (exact) mass is 360 g/mol. The second-order valence-electron chi connectivity index (χ2n) is 6.58. The summed E-state index contributed by atoms with van der Waals surface area (Å²) in [4.78, 5) is 11.6. The van der Waals surface area contributed by atoms with Crippen molar-refractivity contribution < 1.29 is 9.90 Å². The maximum Gasteiger partial charge on any atom is 0.314 e. The molecule has 1 fully saturated rings. The third-order valence-corrected chi connectivity index (χ3v) is 4.55. The maximum atomic E-state index is 11.6. The average Bonchev–Trinajstić information content (AvgIpc) is 2.56. The molecule has 140 valence electrons. The molecular formula is C17H33ClN4O2. The highest BCUT2D eigenvalue weighted by molar-refractivity contribution is 5.85. The molecule has 6 nitrogen and oxygen atoms in total. The Kier molecular flexibility index (Phi) is 13.7. The fourth-order valence-corrected chi connectivity index (χ4v) is 3.08. The number of hydrogen-bond donors (Lipinski definition) is 4. The topological polar surface area (TPSA) is 111 Å². The minimum atomic E-state index is -0.696. The summed E-state index contributed by atoms with van der Waals surface area (Å²) >= 11 is 0. The van der Waals surface area contributed by atoms with E-state index in [1.54, 1.807) is 0 Å². The van der Waals surface area contributed by atoms with E-state index in [1.165, 1.54) is 32.1 Å². The van der Waals surface area contributed by atoms with Crippen molar-refractivity contribution in [2.24, 2.45) is 11.7 Å². The van der Waals surface area contributed by atoms with E-state index in [9.17, 15) is 9.90 Å². The van der Waals surface area contributed by atoms with Crippen LogP contribution in [0, 0.1) is 17.2 Å². The summed E-state index contributed by atoms with van der Waals surface area (Å²) < 4.78 is 0. The summed E-state index contributed by atoms with van der Waals surface area (Å²) in [7, 11) is 0. The van der Waals surface area contributed by atoms with Crippen LogP contribution >= 0.6 is 12.4 Å². The molecular weight excluding hydrogens is 328 g/mol. The summed E-state index contributed by atoms with van der Waals surface area (Å²) in [6.45, 7) is 0.773. The number of aliphatic hydroxyl groups is 1. The second-order valence-corrected chi connectivity index (χ2v) is 6.58. The molecule has 0 aliphatic heterocycles. The molecule has 2 atom stereocenters. The van der Waals surface area contributed by atoms with Crippen molar-refractivity contribution in [3.8, 4) is 6.07 Å². The lowest BCUT2D eigenvalue weighted by Gasteiger charge is -2.27. The zero-order chi connectivity index (χ0) is 16.9. The Morgan fingerprint density at radius 2 is 1.92 bits per heavy atom. The van der Waals surface area contributed by atoms with Crippen molar-refractivity contribution in [2.75, 3.05) is 13.1 Å². The number of nitrogens with two attached hydrogens (primary N) is 1. The van der Waals surface area contributed by atoms with Crippen molar-refractivity contribution in [2.45, 2.75) is 76.4 Å². The number of aliphatic hydroxyl groups excluding tert-OH is 1. The highest BCUT2D eigenvalue weighted by atomic mass is 35.5. The molecule has 0 aromatic carbocycles. The number of rotatable bonds is 10. The molecule has 0 spiro atoms. The van der Waals surface area contributed by atoms with E-state index < -0.39 is 6.10 Å². The largest absolute Gasteiger partial charge is 0.390 e. The summed E-state index contributed by atoms with van der Waals surface area (Å²) in [6.07, 6.45) is 9.63. The number of nitriles is 1. The second kappa shape index (κ2) is 14.3. The number of halogens is 1. The number of carbonyl (C=O) groups excluding carboxylic acids is 1. The van der Waals surface area contributed by atoms with E-state index in [4.69, 9.17) is 11.0 Å². The van der Waals surface area contributed by atoms with Gasteiger partial charge >= 0.3 is 6.03 Å². The Labute approximate surface area is 152 Å². The standard InChI is InChI=1S/C17H32N4O2.ClH/c18-10-6-1-2-7-11-20-17(23)21-13-16(22)15(19)12-14-8-4-3-5-9-14;/h14-16,22H,1-9,11-13,19H2,(H2,20,21,23);1H. The molecule has 0 aromatic heterocycles. The molecule has 0 heterocycles. The fraction of sp³-hybridized carbons (Fsp3) is 0.882. The van der Waals surface area contributed by atoms with Crippen LogP contribution in [0.2, 0.25) is 0 Å². The quantitative estimate of drug-likeness (QED) is 0.448. The first-order chi connectivity index (χ1) is 11.1. The summed E-state index contributed by atoms with van der Waals surface area (Å²) in [6, 6.07) is 1.56. The lowest BCUT2D eigenvalue weighted by molar-refractivity contribution is 0.126. The van der Waals surface area contributed by atoms with Gasteiger partial charge in [0.2, 0.25) is 0 Å². The first kappa shape index (κ1) is 23.0. The van der Waals surface area contributed by atoms with Gasteiger partial charge in [-0.1, -0.05) is 38.5 Å². The Balaban J connectivity index is 0.00000529. The van der Waals surface area contributed by atoms with E-state index in [0.29, 0.717) is 18.9 Å². The van der Waals surface area contributed by atoms with Gasteiger partial charge in [-0.05, 0) is 25.2 Å². The number of carbonyl (C=O) groups is 1. The predicted octanol–water partition coefficient (Wildman–Crippen LogP) is 2.45. The minimum Gasteiger partial charge on any atom is -0.390 e. The summed E-state index contributed by atoms with van der Waals surface area (Å²) in [5.41, 5.74) is 6.05. The first-order valence-electron chi connectivity index (χ1n) is 8.95. The molecule has 2 unspecified atom stereocenters. The van der Waals surface area contributed by atoms with Crippen LogP contribution in [-0.4, -0.2) is 36.4 Å². The van der Waals surface area contributed by atoms with E-state index in [-0.39, 0.29) is 31.0 Å². The SMILES string of the molecule is Cl.N#CCCCCCNC(=O)NCC(O)C(N)CC1CCCCC1.